The summed E-state index contributed by atoms with van der Waals surface area (Å²) in [6.07, 6.45) is 5.58. The van der Waals surface area contributed by atoms with Gasteiger partial charge in [0.05, 0.1) is 0 Å². The molecule has 1 aliphatic rings. The van der Waals surface area contributed by atoms with Crippen LogP contribution < -0.4 is 10.6 Å². The predicted octanol–water partition coefficient (Wildman–Crippen LogP) is 2.03. The van der Waals surface area contributed by atoms with Crippen LogP contribution in [0.15, 0.2) is 47.7 Å². The number of benzene rings is 1. The SMILES string of the molecule is CCNC(=NCC(=O)N1CCc2ccccc2C1)NCCCn1cccn1.I. The van der Waals surface area contributed by atoms with Crippen molar-refractivity contribution in [1.82, 2.24) is 25.3 Å². The molecule has 2 heterocycles. The number of fused-ring (bicyclic) bond motifs is 1. The van der Waals surface area contributed by atoms with E-state index in [9.17, 15) is 4.79 Å². The van der Waals surface area contributed by atoms with Gasteiger partial charge in [0.15, 0.2) is 5.96 Å². The first kappa shape index (κ1) is 22.2. The van der Waals surface area contributed by atoms with Gasteiger partial charge in [0.25, 0.3) is 0 Å². The number of carbonyl (C=O) groups excluding carboxylic acids is 1. The number of carbonyl (C=O) groups is 1. The third-order valence-electron chi connectivity index (χ3n) is 4.62. The molecule has 1 aromatic carbocycles. The van der Waals surface area contributed by atoms with Gasteiger partial charge < -0.3 is 15.5 Å². The molecule has 1 aromatic heterocycles. The lowest BCUT2D eigenvalue weighted by molar-refractivity contribution is -0.130. The third-order valence-corrected chi connectivity index (χ3v) is 4.62. The molecule has 0 aliphatic carbocycles. The highest BCUT2D eigenvalue weighted by atomic mass is 127. The summed E-state index contributed by atoms with van der Waals surface area (Å²) in [6.45, 7) is 6.01. The van der Waals surface area contributed by atoms with E-state index in [0.717, 1.165) is 39.0 Å². The van der Waals surface area contributed by atoms with E-state index in [4.69, 9.17) is 0 Å². The molecule has 2 aromatic rings. The average molecular weight is 496 g/mol. The molecule has 0 spiro atoms. The third kappa shape index (κ3) is 6.50. The van der Waals surface area contributed by atoms with Gasteiger partial charge in [-0.15, -0.1) is 24.0 Å². The lowest BCUT2D eigenvalue weighted by Crippen LogP contribution is -2.41. The van der Waals surface area contributed by atoms with Crippen molar-refractivity contribution in [3.8, 4) is 0 Å². The fourth-order valence-electron chi connectivity index (χ4n) is 3.18. The molecule has 2 N–H and O–H groups in total. The standard InChI is InChI=1S/C20H28N6O.HI/c1-2-21-20(22-10-5-12-26-13-6-11-24-26)23-15-19(27)25-14-9-17-7-3-4-8-18(17)16-25;/h3-4,6-8,11,13H,2,5,9-10,12,14-16H2,1H3,(H2,21,22,23);1H. The van der Waals surface area contributed by atoms with Gasteiger partial charge in [-0.25, -0.2) is 4.99 Å². The van der Waals surface area contributed by atoms with Crippen LogP contribution in [0.4, 0.5) is 0 Å². The highest BCUT2D eigenvalue weighted by molar-refractivity contribution is 14.0. The number of amides is 1. The highest BCUT2D eigenvalue weighted by Crippen LogP contribution is 2.18. The number of aromatic nitrogens is 2. The number of hydrogen-bond donors (Lipinski definition) is 2. The van der Waals surface area contributed by atoms with E-state index in [1.165, 1.54) is 11.1 Å². The van der Waals surface area contributed by atoms with Crippen LogP contribution in [-0.2, 0) is 24.3 Å². The number of halogens is 1. The van der Waals surface area contributed by atoms with Gasteiger partial charge in [-0.1, -0.05) is 24.3 Å². The van der Waals surface area contributed by atoms with Crippen molar-refractivity contribution < 1.29 is 4.79 Å². The van der Waals surface area contributed by atoms with Crippen molar-refractivity contribution >= 4 is 35.8 Å². The first-order valence-corrected chi connectivity index (χ1v) is 9.60. The van der Waals surface area contributed by atoms with E-state index < -0.39 is 0 Å². The molecule has 1 aliphatic heterocycles. The van der Waals surface area contributed by atoms with E-state index >= 15 is 0 Å². The Morgan fingerprint density at radius 3 is 2.79 bits per heavy atom. The van der Waals surface area contributed by atoms with Crippen LogP contribution in [-0.4, -0.2) is 52.7 Å². The van der Waals surface area contributed by atoms with E-state index in [1.807, 2.05) is 34.8 Å². The summed E-state index contributed by atoms with van der Waals surface area (Å²) >= 11 is 0. The first-order valence-electron chi connectivity index (χ1n) is 9.60. The number of aliphatic imine (C=N–C) groups is 1. The van der Waals surface area contributed by atoms with Crippen molar-refractivity contribution in [2.45, 2.75) is 32.9 Å². The fraction of sp³-hybridized carbons (Fsp3) is 0.450. The lowest BCUT2D eigenvalue weighted by atomic mass is 10.00. The Morgan fingerprint density at radius 1 is 1.21 bits per heavy atom. The topological polar surface area (TPSA) is 74.6 Å². The van der Waals surface area contributed by atoms with Crippen LogP contribution in [0.3, 0.4) is 0 Å². The normalized spacial score (nSPS) is 13.5. The van der Waals surface area contributed by atoms with Crippen molar-refractivity contribution in [1.29, 1.82) is 0 Å². The molecule has 1 amide bonds. The zero-order valence-electron chi connectivity index (χ0n) is 16.3. The summed E-state index contributed by atoms with van der Waals surface area (Å²) in [7, 11) is 0. The number of nitrogens with one attached hydrogen (secondary N) is 2. The molecule has 0 saturated carbocycles. The minimum atomic E-state index is 0. The summed E-state index contributed by atoms with van der Waals surface area (Å²) in [5, 5.41) is 10.7. The molecule has 0 fully saturated rings. The Kier molecular flexibility index (Phi) is 9.26. The van der Waals surface area contributed by atoms with Crippen LogP contribution in [0.1, 0.15) is 24.5 Å². The summed E-state index contributed by atoms with van der Waals surface area (Å²) in [5.74, 6) is 0.752. The van der Waals surface area contributed by atoms with E-state index in [0.29, 0.717) is 12.5 Å². The van der Waals surface area contributed by atoms with Crippen LogP contribution in [0.2, 0.25) is 0 Å². The maximum atomic E-state index is 12.6. The zero-order valence-corrected chi connectivity index (χ0v) is 18.6. The van der Waals surface area contributed by atoms with Crippen LogP contribution in [0, 0.1) is 0 Å². The molecule has 0 atom stereocenters. The largest absolute Gasteiger partial charge is 0.357 e. The Hall–Kier alpha value is -2.10. The maximum absolute atomic E-state index is 12.6. The Balaban J connectivity index is 0.00000280. The first-order chi connectivity index (χ1) is 13.3. The minimum Gasteiger partial charge on any atom is -0.357 e. The van der Waals surface area contributed by atoms with Crippen molar-refractivity contribution in [3.05, 3.63) is 53.9 Å². The number of aryl methyl sites for hydroxylation is 1. The smallest absolute Gasteiger partial charge is 0.244 e. The Labute approximate surface area is 183 Å². The van der Waals surface area contributed by atoms with Crippen molar-refractivity contribution in [2.75, 3.05) is 26.2 Å². The highest BCUT2D eigenvalue weighted by Gasteiger charge is 2.19. The van der Waals surface area contributed by atoms with Crippen LogP contribution in [0.5, 0.6) is 0 Å². The van der Waals surface area contributed by atoms with Gasteiger partial charge in [-0.05, 0) is 37.0 Å². The van der Waals surface area contributed by atoms with Gasteiger partial charge in [0.2, 0.25) is 5.91 Å². The predicted molar refractivity (Wildman–Crippen MR) is 122 cm³/mol. The quantitative estimate of drug-likeness (QED) is 0.266. The van der Waals surface area contributed by atoms with E-state index in [1.54, 1.807) is 6.20 Å². The number of guanidine groups is 1. The summed E-state index contributed by atoms with van der Waals surface area (Å²) in [6, 6.07) is 10.3. The molecule has 152 valence electrons. The lowest BCUT2D eigenvalue weighted by Gasteiger charge is -2.28. The van der Waals surface area contributed by atoms with Crippen molar-refractivity contribution in [2.24, 2.45) is 4.99 Å². The maximum Gasteiger partial charge on any atom is 0.244 e. The molecule has 3 rings (SSSR count). The zero-order chi connectivity index (χ0) is 18.9. The van der Waals surface area contributed by atoms with Crippen LogP contribution in [0.25, 0.3) is 0 Å². The fourth-order valence-corrected chi connectivity index (χ4v) is 3.18. The average Bonchev–Trinajstić information content (AvgIpc) is 3.22. The second-order valence-electron chi connectivity index (χ2n) is 6.58. The summed E-state index contributed by atoms with van der Waals surface area (Å²) < 4.78 is 1.91. The molecule has 28 heavy (non-hydrogen) atoms. The minimum absolute atomic E-state index is 0. The summed E-state index contributed by atoms with van der Waals surface area (Å²) in [4.78, 5) is 18.9. The van der Waals surface area contributed by atoms with Gasteiger partial charge in [-0.3, -0.25) is 9.48 Å². The van der Waals surface area contributed by atoms with Gasteiger partial charge >= 0.3 is 0 Å². The molecule has 0 bridgehead atoms. The number of nitrogens with zero attached hydrogens (tertiary/aromatic N) is 4. The van der Waals surface area contributed by atoms with Crippen LogP contribution >= 0.6 is 24.0 Å². The molecule has 7 nitrogen and oxygen atoms in total. The molecule has 0 unspecified atom stereocenters. The molecule has 8 heteroatoms. The van der Waals surface area contributed by atoms with E-state index in [-0.39, 0.29) is 36.4 Å². The van der Waals surface area contributed by atoms with Gasteiger partial charge in [0, 0.05) is 45.1 Å². The number of hydrogen-bond acceptors (Lipinski definition) is 3. The molecular weight excluding hydrogens is 467 g/mol. The van der Waals surface area contributed by atoms with Gasteiger partial charge in [0.1, 0.15) is 6.54 Å². The summed E-state index contributed by atoms with van der Waals surface area (Å²) in [5.41, 5.74) is 2.59. The molecular formula is C20H29IN6O. The van der Waals surface area contributed by atoms with Crippen molar-refractivity contribution in [3.63, 3.8) is 0 Å². The monoisotopic (exact) mass is 496 g/mol. The Morgan fingerprint density at radius 2 is 2.04 bits per heavy atom. The van der Waals surface area contributed by atoms with E-state index in [2.05, 4.69) is 38.9 Å². The molecule has 0 radical (unpaired) electrons. The number of rotatable bonds is 7. The van der Waals surface area contributed by atoms with Gasteiger partial charge in [-0.2, -0.15) is 5.10 Å². The molecule has 0 saturated heterocycles. The second kappa shape index (κ2) is 11.7. The Bertz CT molecular complexity index is 762. The second-order valence-corrected chi connectivity index (χ2v) is 6.58.